The van der Waals surface area contributed by atoms with E-state index in [9.17, 15) is 9.59 Å². The Bertz CT molecular complexity index is 341. The summed E-state index contributed by atoms with van der Waals surface area (Å²) >= 11 is 0. The van der Waals surface area contributed by atoms with Crippen LogP contribution >= 0.6 is 0 Å². The molecule has 0 amide bonds. The van der Waals surface area contributed by atoms with E-state index in [2.05, 4.69) is 4.99 Å². The Balaban J connectivity index is 5.22. The lowest BCUT2D eigenvalue weighted by Gasteiger charge is -2.04. The largest absolute Gasteiger partial charge is 0.405 e. The number of rotatable bonds is 5. The Morgan fingerprint density at radius 1 is 1.40 bits per heavy atom. The highest BCUT2D eigenvalue weighted by atomic mass is 16.1. The van der Waals surface area contributed by atoms with Crippen LogP contribution in [0.15, 0.2) is 28.5 Å². The van der Waals surface area contributed by atoms with Crippen molar-refractivity contribution in [3.8, 4) is 0 Å². The first-order valence-electron chi connectivity index (χ1n) is 4.38. The van der Waals surface area contributed by atoms with Crippen LogP contribution in [0.1, 0.15) is 13.8 Å². The van der Waals surface area contributed by atoms with Crippen molar-refractivity contribution in [1.82, 2.24) is 0 Å². The molecular formula is C10H15N3O2. The van der Waals surface area contributed by atoms with Gasteiger partial charge in [-0.1, -0.05) is 0 Å². The van der Waals surface area contributed by atoms with Crippen molar-refractivity contribution in [3.05, 3.63) is 23.5 Å². The van der Waals surface area contributed by atoms with E-state index in [0.29, 0.717) is 17.6 Å². The molecule has 0 radical (unpaired) electrons. The summed E-state index contributed by atoms with van der Waals surface area (Å²) in [7, 11) is 0. The first-order valence-corrected chi connectivity index (χ1v) is 4.38. The van der Waals surface area contributed by atoms with Gasteiger partial charge >= 0.3 is 0 Å². The van der Waals surface area contributed by atoms with E-state index in [1.807, 2.05) is 0 Å². The van der Waals surface area contributed by atoms with Gasteiger partial charge in [0.15, 0.2) is 5.78 Å². The van der Waals surface area contributed by atoms with Gasteiger partial charge in [0.2, 0.25) is 0 Å². The maximum absolute atomic E-state index is 11.1. The number of hydrogen-bond acceptors (Lipinski definition) is 5. The minimum Gasteiger partial charge on any atom is -0.405 e. The van der Waals surface area contributed by atoms with Crippen LogP contribution in [0.3, 0.4) is 0 Å². The van der Waals surface area contributed by atoms with Gasteiger partial charge in [-0.15, -0.1) is 0 Å². The molecule has 0 aliphatic rings. The van der Waals surface area contributed by atoms with Crippen molar-refractivity contribution >= 4 is 17.8 Å². The zero-order chi connectivity index (χ0) is 11.8. The highest BCUT2D eigenvalue weighted by molar-refractivity contribution is 6.08. The van der Waals surface area contributed by atoms with Crippen LogP contribution in [-0.2, 0) is 9.59 Å². The molecule has 0 bridgehead atoms. The molecule has 0 heterocycles. The predicted octanol–water partition coefficient (Wildman–Crippen LogP) is -0.0796. The smallest absolute Gasteiger partial charge is 0.176 e. The fourth-order valence-corrected chi connectivity index (χ4v) is 0.951. The van der Waals surface area contributed by atoms with Crippen LogP contribution in [-0.4, -0.2) is 24.3 Å². The lowest BCUT2D eigenvalue weighted by atomic mass is 10.1. The monoisotopic (exact) mass is 209 g/mol. The Morgan fingerprint density at radius 2 is 2.00 bits per heavy atom. The van der Waals surface area contributed by atoms with Crippen molar-refractivity contribution in [3.63, 3.8) is 0 Å². The van der Waals surface area contributed by atoms with E-state index in [0.717, 1.165) is 0 Å². The zero-order valence-corrected chi connectivity index (χ0v) is 8.86. The number of carbonyl (C=O) groups is 2. The molecule has 5 heteroatoms. The summed E-state index contributed by atoms with van der Waals surface area (Å²) in [4.78, 5) is 25.1. The highest BCUT2D eigenvalue weighted by Crippen LogP contribution is 2.05. The van der Waals surface area contributed by atoms with E-state index in [4.69, 9.17) is 11.5 Å². The highest BCUT2D eigenvalue weighted by Gasteiger charge is 2.07. The fraction of sp³-hybridized carbons (Fsp3) is 0.300. The second kappa shape index (κ2) is 6.53. The fourth-order valence-electron chi connectivity index (χ4n) is 0.951. The topological polar surface area (TPSA) is 98.5 Å². The van der Waals surface area contributed by atoms with Crippen molar-refractivity contribution in [2.75, 3.05) is 6.54 Å². The number of aliphatic imine (C=N–C) groups is 1. The zero-order valence-electron chi connectivity index (χ0n) is 8.86. The number of carbonyl (C=O) groups excluding carboxylic acids is 2. The van der Waals surface area contributed by atoms with Crippen molar-refractivity contribution < 1.29 is 9.59 Å². The number of ketones is 1. The maximum atomic E-state index is 11.1. The molecule has 0 aromatic carbocycles. The molecule has 0 saturated carbocycles. The molecular weight excluding hydrogens is 194 g/mol. The quantitative estimate of drug-likeness (QED) is 0.286. The number of allylic oxidation sites excluding steroid dienone is 3. The molecule has 0 aromatic heterocycles. The third-order valence-corrected chi connectivity index (χ3v) is 1.73. The van der Waals surface area contributed by atoms with Crippen molar-refractivity contribution in [2.45, 2.75) is 13.8 Å². The van der Waals surface area contributed by atoms with Crippen LogP contribution in [0, 0.1) is 0 Å². The Morgan fingerprint density at radius 3 is 2.40 bits per heavy atom. The first kappa shape index (κ1) is 13.1. The van der Waals surface area contributed by atoms with E-state index >= 15 is 0 Å². The number of nitrogens with two attached hydrogens (primary N) is 2. The number of nitrogens with zero attached hydrogens (tertiary/aromatic N) is 1. The number of Topliss-reactive ketones (excluding diaryl/α,β-unsaturated/α-hetero) is 1. The summed E-state index contributed by atoms with van der Waals surface area (Å²) in [6, 6.07) is 0. The average Bonchev–Trinajstić information content (AvgIpc) is 2.21. The van der Waals surface area contributed by atoms with Crippen LogP contribution in [0.25, 0.3) is 0 Å². The van der Waals surface area contributed by atoms with Gasteiger partial charge in [0.25, 0.3) is 0 Å². The van der Waals surface area contributed by atoms with Gasteiger partial charge in [0.05, 0.1) is 12.2 Å². The summed E-state index contributed by atoms with van der Waals surface area (Å²) in [6.07, 6.45) is 3.42. The van der Waals surface area contributed by atoms with Crippen LogP contribution < -0.4 is 11.5 Å². The molecule has 5 nitrogen and oxygen atoms in total. The summed E-state index contributed by atoms with van der Waals surface area (Å²) in [5.74, 6) is -0.260. The summed E-state index contributed by atoms with van der Waals surface area (Å²) in [5.41, 5.74) is 11.8. The second-order valence-corrected chi connectivity index (χ2v) is 2.84. The van der Waals surface area contributed by atoms with E-state index in [1.165, 1.54) is 19.2 Å². The molecule has 0 fully saturated rings. The van der Waals surface area contributed by atoms with Crippen LogP contribution in [0.5, 0.6) is 0 Å². The van der Waals surface area contributed by atoms with Gasteiger partial charge in [-0.2, -0.15) is 0 Å². The molecule has 0 rings (SSSR count). The molecule has 0 saturated heterocycles. The molecule has 0 aliphatic carbocycles. The minimum atomic E-state index is -0.260. The molecule has 4 N–H and O–H groups in total. The lowest BCUT2D eigenvalue weighted by molar-refractivity contribution is -0.113. The van der Waals surface area contributed by atoms with Gasteiger partial charge in [-0.25, -0.2) is 0 Å². The van der Waals surface area contributed by atoms with Gasteiger partial charge in [0.1, 0.15) is 6.29 Å². The molecule has 82 valence electrons. The number of hydrogen-bond donors (Lipinski definition) is 2. The standard InChI is InChI=1S/C10H15N3O2/c1-7(13-5-6-14)9(3-4-11)10(12)8(2)15/h3-4,6H,5,11-12H2,1-2H3/b4-3-,10-9?,13-7?. The minimum absolute atomic E-state index is 0.0406. The third-order valence-electron chi connectivity index (χ3n) is 1.73. The normalized spacial score (nSPS) is 13.9. The van der Waals surface area contributed by atoms with Gasteiger partial charge in [-0.3, -0.25) is 9.79 Å². The Kier molecular flexibility index (Phi) is 5.70. The van der Waals surface area contributed by atoms with Gasteiger partial charge < -0.3 is 16.3 Å². The summed E-state index contributed by atoms with van der Waals surface area (Å²) < 4.78 is 0. The number of aldehydes is 1. The SMILES string of the molecule is CC(=O)C(N)=C(/C=C\N)C(C)=NCC=O. The van der Waals surface area contributed by atoms with E-state index < -0.39 is 0 Å². The average molecular weight is 209 g/mol. The van der Waals surface area contributed by atoms with Crippen molar-refractivity contribution in [1.29, 1.82) is 0 Å². The molecule has 0 aromatic rings. The van der Waals surface area contributed by atoms with Crippen molar-refractivity contribution in [2.24, 2.45) is 16.5 Å². The molecule has 0 unspecified atom stereocenters. The van der Waals surface area contributed by atoms with Gasteiger partial charge in [-0.05, 0) is 19.2 Å². The summed E-state index contributed by atoms with van der Waals surface area (Å²) in [6.45, 7) is 3.06. The molecule has 0 spiro atoms. The maximum Gasteiger partial charge on any atom is 0.176 e. The lowest BCUT2D eigenvalue weighted by Crippen LogP contribution is -2.14. The third kappa shape index (κ3) is 4.21. The van der Waals surface area contributed by atoms with E-state index in [-0.39, 0.29) is 18.0 Å². The van der Waals surface area contributed by atoms with Crippen LogP contribution in [0.2, 0.25) is 0 Å². The Hall–Kier alpha value is -1.91. The molecule has 0 aliphatic heterocycles. The van der Waals surface area contributed by atoms with E-state index in [1.54, 1.807) is 6.92 Å². The van der Waals surface area contributed by atoms with Crippen LogP contribution in [0.4, 0.5) is 0 Å². The summed E-state index contributed by atoms with van der Waals surface area (Å²) in [5, 5.41) is 0. The Labute approximate surface area is 88.5 Å². The molecule has 0 atom stereocenters. The predicted molar refractivity (Wildman–Crippen MR) is 59.3 cm³/mol. The second-order valence-electron chi connectivity index (χ2n) is 2.84. The molecule has 15 heavy (non-hydrogen) atoms. The first-order chi connectivity index (χ1) is 7.04. The van der Waals surface area contributed by atoms with Gasteiger partial charge in [0, 0.05) is 18.2 Å².